The summed E-state index contributed by atoms with van der Waals surface area (Å²) in [5.41, 5.74) is -0.0526. The van der Waals surface area contributed by atoms with E-state index < -0.39 is 0 Å². The van der Waals surface area contributed by atoms with Gasteiger partial charge in [0.2, 0.25) is 5.89 Å². The first-order valence-electron chi connectivity index (χ1n) is 3.98. The molecule has 0 saturated carbocycles. The zero-order valence-electron chi connectivity index (χ0n) is 7.66. The maximum absolute atomic E-state index is 5.09. The van der Waals surface area contributed by atoms with Crippen LogP contribution < -0.4 is 0 Å². The molecule has 0 spiro atoms. The van der Waals surface area contributed by atoms with Gasteiger partial charge in [-0.2, -0.15) is 17.6 Å². The van der Waals surface area contributed by atoms with Gasteiger partial charge < -0.3 is 4.52 Å². The van der Waals surface area contributed by atoms with Gasteiger partial charge in [-0.05, 0) is 19.1 Å². The minimum absolute atomic E-state index is 0.0526. The van der Waals surface area contributed by atoms with Crippen molar-refractivity contribution in [2.45, 2.75) is 32.6 Å². The topological polar surface area (TPSA) is 38.9 Å². The Labute approximate surface area is 78.0 Å². The summed E-state index contributed by atoms with van der Waals surface area (Å²) in [5, 5.41) is 3.75. The smallest absolute Gasteiger partial charge is 0.232 e. The highest BCUT2D eigenvalue weighted by atomic mass is 32.1. The van der Waals surface area contributed by atoms with E-state index in [1.807, 2.05) is 6.92 Å². The van der Waals surface area contributed by atoms with Crippen molar-refractivity contribution in [2.75, 3.05) is 5.75 Å². The van der Waals surface area contributed by atoms with Crippen LogP contribution >= 0.6 is 12.6 Å². The highest BCUT2D eigenvalue weighted by Gasteiger charge is 2.25. The summed E-state index contributed by atoms with van der Waals surface area (Å²) in [6, 6.07) is 0. The van der Waals surface area contributed by atoms with Gasteiger partial charge in [-0.25, -0.2) is 0 Å². The van der Waals surface area contributed by atoms with Crippen molar-refractivity contribution in [2.24, 2.45) is 0 Å². The molecule has 0 aromatic carbocycles. The first-order chi connectivity index (χ1) is 5.56. The van der Waals surface area contributed by atoms with Crippen LogP contribution in [0.2, 0.25) is 0 Å². The van der Waals surface area contributed by atoms with E-state index >= 15 is 0 Å². The molecular formula is C8H14N2OS. The second-order valence-electron chi connectivity index (χ2n) is 3.50. The Morgan fingerprint density at radius 1 is 1.50 bits per heavy atom. The van der Waals surface area contributed by atoms with Crippen LogP contribution in [0.25, 0.3) is 0 Å². The minimum Gasteiger partial charge on any atom is -0.339 e. The van der Waals surface area contributed by atoms with Crippen molar-refractivity contribution in [3.63, 3.8) is 0 Å². The van der Waals surface area contributed by atoms with Crippen molar-refractivity contribution >= 4 is 12.6 Å². The SMILES string of the molecule is Cc1noc(C(C)(C)CCS)n1. The molecule has 0 radical (unpaired) electrons. The zero-order valence-corrected chi connectivity index (χ0v) is 8.56. The molecule has 12 heavy (non-hydrogen) atoms. The standard InChI is InChI=1S/C8H14N2OS/c1-6-9-7(11-10-6)8(2,3)4-5-12/h12H,4-5H2,1-3H3. The molecule has 0 N–H and O–H groups in total. The molecule has 0 aliphatic heterocycles. The molecule has 1 aromatic heterocycles. The number of hydrogen-bond donors (Lipinski definition) is 1. The summed E-state index contributed by atoms with van der Waals surface area (Å²) in [6.07, 6.45) is 0.942. The molecule has 1 rings (SSSR count). The Kier molecular flexibility index (Phi) is 2.77. The lowest BCUT2D eigenvalue weighted by atomic mass is 9.90. The molecule has 68 valence electrons. The van der Waals surface area contributed by atoms with Crippen molar-refractivity contribution in [1.82, 2.24) is 10.1 Å². The molecule has 0 saturated heterocycles. The monoisotopic (exact) mass is 186 g/mol. The summed E-state index contributed by atoms with van der Waals surface area (Å²) >= 11 is 4.18. The number of rotatable bonds is 3. The number of aromatic nitrogens is 2. The van der Waals surface area contributed by atoms with E-state index in [-0.39, 0.29) is 5.41 Å². The quantitative estimate of drug-likeness (QED) is 0.734. The molecule has 0 aliphatic carbocycles. The number of nitrogens with zero attached hydrogens (tertiary/aromatic N) is 2. The maximum Gasteiger partial charge on any atom is 0.232 e. The molecular weight excluding hydrogens is 172 g/mol. The average molecular weight is 186 g/mol. The fourth-order valence-corrected chi connectivity index (χ4v) is 1.52. The van der Waals surface area contributed by atoms with Gasteiger partial charge in [0.1, 0.15) is 0 Å². The Bertz CT molecular complexity index is 257. The van der Waals surface area contributed by atoms with Crippen LogP contribution in [-0.4, -0.2) is 15.9 Å². The van der Waals surface area contributed by atoms with Crippen LogP contribution in [0.5, 0.6) is 0 Å². The predicted octanol–water partition coefficient (Wildman–Crippen LogP) is 1.98. The van der Waals surface area contributed by atoms with E-state index in [2.05, 4.69) is 36.6 Å². The summed E-state index contributed by atoms with van der Waals surface area (Å²) in [4.78, 5) is 4.19. The maximum atomic E-state index is 5.09. The average Bonchev–Trinajstić information content (AvgIpc) is 2.36. The van der Waals surface area contributed by atoms with Crippen LogP contribution in [0.4, 0.5) is 0 Å². The summed E-state index contributed by atoms with van der Waals surface area (Å²) in [6.45, 7) is 5.98. The Balaban J connectivity index is 2.81. The molecule has 3 nitrogen and oxygen atoms in total. The van der Waals surface area contributed by atoms with Crippen LogP contribution in [0.3, 0.4) is 0 Å². The molecule has 0 bridgehead atoms. The van der Waals surface area contributed by atoms with E-state index in [1.165, 1.54) is 0 Å². The normalized spacial score (nSPS) is 12.0. The summed E-state index contributed by atoms with van der Waals surface area (Å²) in [5.74, 6) is 2.22. The first-order valence-corrected chi connectivity index (χ1v) is 4.61. The molecule has 0 fully saturated rings. The van der Waals surface area contributed by atoms with Crippen LogP contribution in [0.1, 0.15) is 32.0 Å². The van der Waals surface area contributed by atoms with Gasteiger partial charge in [0, 0.05) is 5.41 Å². The van der Waals surface area contributed by atoms with Crippen molar-refractivity contribution in [3.05, 3.63) is 11.7 Å². The molecule has 0 atom stereocenters. The van der Waals surface area contributed by atoms with E-state index in [0.29, 0.717) is 11.7 Å². The molecule has 0 aliphatic rings. The van der Waals surface area contributed by atoms with Gasteiger partial charge in [0.05, 0.1) is 0 Å². The molecule has 1 heterocycles. The molecule has 0 amide bonds. The lowest BCUT2D eigenvalue weighted by molar-refractivity contribution is 0.301. The third-order valence-electron chi connectivity index (χ3n) is 1.84. The van der Waals surface area contributed by atoms with Crippen molar-refractivity contribution < 1.29 is 4.52 Å². The first kappa shape index (κ1) is 9.58. The predicted molar refractivity (Wildman–Crippen MR) is 50.5 cm³/mol. The molecule has 4 heteroatoms. The zero-order chi connectivity index (χ0) is 9.19. The number of hydrogen-bond acceptors (Lipinski definition) is 4. The largest absolute Gasteiger partial charge is 0.339 e. The van der Waals surface area contributed by atoms with Gasteiger partial charge in [-0.15, -0.1) is 0 Å². The van der Waals surface area contributed by atoms with E-state index in [1.54, 1.807) is 0 Å². The van der Waals surface area contributed by atoms with Crippen LogP contribution in [-0.2, 0) is 5.41 Å². The summed E-state index contributed by atoms with van der Waals surface area (Å²) < 4.78 is 5.09. The van der Waals surface area contributed by atoms with E-state index in [9.17, 15) is 0 Å². The Hall–Kier alpha value is -0.510. The van der Waals surface area contributed by atoms with Gasteiger partial charge in [0.25, 0.3) is 0 Å². The van der Waals surface area contributed by atoms with Gasteiger partial charge in [-0.3, -0.25) is 0 Å². The van der Waals surface area contributed by atoms with Crippen molar-refractivity contribution in [1.29, 1.82) is 0 Å². The lowest BCUT2D eigenvalue weighted by Gasteiger charge is -2.17. The Morgan fingerprint density at radius 2 is 2.17 bits per heavy atom. The third kappa shape index (κ3) is 2.00. The fourth-order valence-electron chi connectivity index (χ4n) is 0.958. The van der Waals surface area contributed by atoms with E-state index in [4.69, 9.17) is 4.52 Å². The molecule has 0 unspecified atom stereocenters. The lowest BCUT2D eigenvalue weighted by Crippen LogP contribution is -2.18. The Morgan fingerprint density at radius 3 is 2.58 bits per heavy atom. The van der Waals surface area contributed by atoms with E-state index in [0.717, 1.165) is 12.2 Å². The highest BCUT2D eigenvalue weighted by molar-refractivity contribution is 7.80. The van der Waals surface area contributed by atoms with Crippen molar-refractivity contribution in [3.8, 4) is 0 Å². The van der Waals surface area contributed by atoms with Gasteiger partial charge in [0.15, 0.2) is 5.82 Å². The van der Waals surface area contributed by atoms with Gasteiger partial charge in [-0.1, -0.05) is 19.0 Å². The summed E-state index contributed by atoms with van der Waals surface area (Å²) in [7, 11) is 0. The fraction of sp³-hybridized carbons (Fsp3) is 0.750. The minimum atomic E-state index is -0.0526. The van der Waals surface area contributed by atoms with Crippen LogP contribution in [0.15, 0.2) is 4.52 Å². The second kappa shape index (κ2) is 3.47. The number of thiol groups is 1. The third-order valence-corrected chi connectivity index (χ3v) is 2.07. The number of aryl methyl sites for hydroxylation is 1. The highest BCUT2D eigenvalue weighted by Crippen LogP contribution is 2.25. The van der Waals surface area contributed by atoms with Gasteiger partial charge >= 0.3 is 0 Å². The second-order valence-corrected chi connectivity index (χ2v) is 3.95. The molecule has 1 aromatic rings. The van der Waals surface area contributed by atoms with Crippen LogP contribution in [0, 0.1) is 6.92 Å².